The van der Waals surface area contributed by atoms with E-state index in [-0.39, 0.29) is 12.5 Å². The Morgan fingerprint density at radius 3 is 2.41 bits per heavy atom. The standard InChI is InChI=1S/C24H40O8/c1-2-3-4-11-14-18(25)15-12-9-7-5-6-8-10-13-16-20(27)31-17-19(26)23-21(28)22(29)24(30)32-23/h9,12,18-19,23,25-26,28-29H,2-8,10-11,13-17H2,1H3/b12-9+. The quantitative estimate of drug-likeness (QED) is 0.137. The monoisotopic (exact) mass is 456 g/mol. The summed E-state index contributed by atoms with van der Waals surface area (Å²) in [7, 11) is 0. The Kier molecular flexibility index (Phi) is 14.5. The first-order valence-corrected chi connectivity index (χ1v) is 11.9. The summed E-state index contributed by atoms with van der Waals surface area (Å²) in [5, 5.41) is 38.4. The van der Waals surface area contributed by atoms with Gasteiger partial charge < -0.3 is 29.9 Å². The van der Waals surface area contributed by atoms with Gasteiger partial charge in [0.15, 0.2) is 11.9 Å². The largest absolute Gasteiger partial charge is 0.505 e. The van der Waals surface area contributed by atoms with Gasteiger partial charge in [0.25, 0.3) is 0 Å². The molecule has 3 atom stereocenters. The molecule has 0 aliphatic carbocycles. The molecule has 32 heavy (non-hydrogen) atoms. The third-order valence-electron chi connectivity index (χ3n) is 5.42. The summed E-state index contributed by atoms with van der Waals surface area (Å²) in [6, 6.07) is 0. The number of ether oxygens (including phenoxy) is 2. The molecule has 184 valence electrons. The van der Waals surface area contributed by atoms with Crippen molar-refractivity contribution >= 4 is 11.9 Å². The SMILES string of the molecule is CCCCCCC(O)C/C=C/CCCCCCCC(=O)OCC(O)C1OC(=O)C(O)=C1O. The number of carbonyl (C=O) groups excluding carboxylic acids is 2. The van der Waals surface area contributed by atoms with Gasteiger partial charge in [-0.3, -0.25) is 4.79 Å². The predicted molar refractivity (Wildman–Crippen MR) is 120 cm³/mol. The first-order valence-electron chi connectivity index (χ1n) is 11.9. The second kappa shape index (κ2) is 16.6. The van der Waals surface area contributed by atoms with Crippen molar-refractivity contribution in [3.8, 4) is 0 Å². The van der Waals surface area contributed by atoms with Crippen molar-refractivity contribution in [3.05, 3.63) is 23.7 Å². The van der Waals surface area contributed by atoms with E-state index >= 15 is 0 Å². The summed E-state index contributed by atoms with van der Waals surface area (Å²) in [5.41, 5.74) is 0. The van der Waals surface area contributed by atoms with Crippen LogP contribution >= 0.6 is 0 Å². The van der Waals surface area contributed by atoms with Crippen LogP contribution in [0.2, 0.25) is 0 Å². The fourth-order valence-electron chi connectivity index (χ4n) is 3.42. The Morgan fingerprint density at radius 1 is 1.03 bits per heavy atom. The van der Waals surface area contributed by atoms with Crippen LogP contribution in [0.3, 0.4) is 0 Å². The number of hydrogen-bond acceptors (Lipinski definition) is 8. The highest BCUT2D eigenvalue weighted by Gasteiger charge is 2.39. The van der Waals surface area contributed by atoms with Crippen LogP contribution in [0.4, 0.5) is 0 Å². The number of cyclic esters (lactones) is 1. The molecule has 0 aromatic carbocycles. The third kappa shape index (κ3) is 11.5. The average molecular weight is 457 g/mol. The van der Waals surface area contributed by atoms with Crippen LogP contribution in [-0.4, -0.2) is 57.3 Å². The molecule has 0 bridgehead atoms. The number of hydrogen-bond donors (Lipinski definition) is 4. The van der Waals surface area contributed by atoms with E-state index in [1.807, 2.05) is 0 Å². The third-order valence-corrected chi connectivity index (χ3v) is 5.42. The molecule has 3 unspecified atom stereocenters. The average Bonchev–Trinajstić information content (AvgIpc) is 3.03. The van der Waals surface area contributed by atoms with Crippen LogP contribution in [0.25, 0.3) is 0 Å². The van der Waals surface area contributed by atoms with Gasteiger partial charge in [-0.15, -0.1) is 0 Å². The molecule has 0 fully saturated rings. The summed E-state index contributed by atoms with van der Waals surface area (Å²) in [6.07, 6.45) is 13.4. The Labute approximate surface area is 190 Å². The zero-order valence-electron chi connectivity index (χ0n) is 19.2. The molecule has 0 radical (unpaired) electrons. The van der Waals surface area contributed by atoms with Crippen molar-refractivity contribution in [2.75, 3.05) is 6.61 Å². The molecule has 4 N–H and O–H groups in total. The van der Waals surface area contributed by atoms with Crippen molar-refractivity contribution in [1.29, 1.82) is 0 Å². The number of carbonyl (C=O) groups is 2. The maximum atomic E-state index is 11.7. The van der Waals surface area contributed by atoms with Crippen LogP contribution < -0.4 is 0 Å². The number of esters is 2. The second-order valence-electron chi connectivity index (χ2n) is 8.33. The Morgan fingerprint density at radius 2 is 1.72 bits per heavy atom. The molecular weight excluding hydrogens is 416 g/mol. The highest BCUT2D eigenvalue weighted by Crippen LogP contribution is 2.21. The van der Waals surface area contributed by atoms with Crippen LogP contribution in [0, 0.1) is 0 Å². The minimum atomic E-state index is -1.44. The van der Waals surface area contributed by atoms with Gasteiger partial charge in [-0.2, -0.15) is 0 Å². The molecule has 1 rings (SSSR count). The molecule has 0 saturated carbocycles. The molecule has 0 amide bonds. The zero-order chi connectivity index (χ0) is 23.8. The van der Waals surface area contributed by atoms with E-state index < -0.39 is 42.3 Å². The number of aliphatic hydroxyl groups is 4. The van der Waals surface area contributed by atoms with Gasteiger partial charge in [0.05, 0.1) is 6.10 Å². The van der Waals surface area contributed by atoms with E-state index in [9.17, 15) is 30.0 Å². The number of allylic oxidation sites excluding steroid dienone is 1. The minimum absolute atomic E-state index is 0.223. The lowest BCUT2D eigenvalue weighted by Gasteiger charge is -2.17. The van der Waals surface area contributed by atoms with E-state index in [0.29, 0.717) is 6.42 Å². The highest BCUT2D eigenvalue weighted by atomic mass is 16.6. The smallest absolute Gasteiger partial charge is 0.377 e. The van der Waals surface area contributed by atoms with E-state index in [0.717, 1.165) is 51.4 Å². The molecule has 1 aliphatic heterocycles. The van der Waals surface area contributed by atoms with Gasteiger partial charge in [-0.25, -0.2) is 4.79 Å². The van der Waals surface area contributed by atoms with Gasteiger partial charge in [0, 0.05) is 6.42 Å². The molecule has 0 spiro atoms. The lowest BCUT2D eigenvalue weighted by molar-refractivity contribution is -0.154. The summed E-state index contributed by atoms with van der Waals surface area (Å²) >= 11 is 0. The number of aliphatic hydroxyl groups excluding tert-OH is 4. The van der Waals surface area contributed by atoms with Gasteiger partial charge in [0.1, 0.15) is 12.7 Å². The highest BCUT2D eigenvalue weighted by molar-refractivity contribution is 5.89. The molecule has 8 nitrogen and oxygen atoms in total. The van der Waals surface area contributed by atoms with E-state index in [1.165, 1.54) is 19.3 Å². The summed E-state index contributed by atoms with van der Waals surface area (Å²) < 4.78 is 9.54. The molecule has 1 aliphatic rings. The maximum Gasteiger partial charge on any atom is 0.377 e. The lowest BCUT2D eigenvalue weighted by atomic mass is 10.1. The van der Waals surface area contributed by atoms with Crippen LogP contribution in [0.5, 0.6) is 0 Å². The van der Waals surface area contributed by atoms with Crippen molar-refractivity contribution in [2.45, 2.75) is 109 Å². The lowest BCUT2D eigenvalue weighted by Crippen LogP contribution is -2.33. The van der Waals surface area contributed by atoms with Crippen molar-refractivity contribution < 1.29 is 39.5 Å². The van der Waals surface area contributed by atoms with Crippen LogP contribution in [-0.2, 0) is 19.1 Å². The van der Waals surface area contributed by atoms with Crippen molar-refractivity contribution in [2.24, 2.45) is 0 Å². The second-order valence-corrected chi connectivity index (χ2v) is 8.33. The molecule has 0 aromatic rings. The van der Waals surface area contributed by atoms with Crippen molar-refractivity contribution in [1.82, 2.24) is 0 Å². The Bertz CT molecular complexity index is 613. The fraction of sp³-hybridized carbons (Fsp3) is 0.750. The first kappa shape index (κ1) is 28.0. The minimum Gasteiger partial charge on any atom is -0.505 e. The van der Waals surface area contributed by atoms with Gasteiger partial charge in [-0.1, -0.05) is 64.0 Å². The van der Waals surface area contributed by atoms with E-state index in [2.05, 4.69) is 23.8 Å². The van der Waals surface area contributed by atoms with Crippen LogP contribution in [0.15, 0.2) is 23.7 Å². The van der Waals surface area contributed by atoms with E-state index in [1.54, 1.807) is 0 Å². The zero-order valence-corrected chi connectivity index (χ0v) is 19.2. The number of unbranched alkanes of at least 4 members (excludes halogenated alkanes) is 8. The number of rotatable bonds is 18. The molecule has 0 aromatic heterocycles. The topological polar surface area (TPSA) is 134 Å². The summed E-state index contributed by atoms with van der Waals surface area (Å²) in [5.74, 6) is -3.29. The van der Waals surface area contributed by atoms with Gasteiger partial charge in [0.2, 0.25) is 5.76 Å². The summed E-state index contributed by atoms with van der Waals surface area (Å²) in [4.78, 5) is 22.8. The molecule has 8 heteroatoms. The Balaban J connectivity index is 1.96. The van der Waals surface area contributed by atoms with Gasteiger partial charge >= 0.3 is 11.9 Å². The van der Waals surface area contributed by atoms with E-state index in [4.69, 9.17) is 4.74 Å². The fourth-order valence-corrected chi connectivity index (χ4v) is 3.42. The van der Waals surface area contributed by atoms with Gasteiger partial charge in [-0.05, 0) is 32.1 Å². The normalized spacial score (nSPS) is 18.2. The molecule has 1 heterocycles. The molecule has 0 saturated heterocycles. The maximum absolute atomic E-state index is 11.7. The first-order chi connectivity index (χ1) is 15.4. The van der Waals surface area contributed by atoms with Crippen LogP contribution in [0.1, 0.15) is 90.4 Å². The predicted octanol–water partition coefficient (Wildman–Crippen LogP) is 4.15. The Hall–Kier alpha value is -2.06. The summed E-state index contributed by atoms with van der Waals surface area (Å²) in [6.45, 7) is 1.74. The molecular formula is C24H40O8. The van der Waals surface area contributed by atoms with Crippen molar-refractivity contribution in [3.63, 3.8) is 0 Å².